The van der Waals surface area contributed by atoms with Crippen molar-refractivity contribution < 1.29 is 39.9 Å². The fourth-order valence-electron chi connectivity index (χ4n) is 3.35. The number of amides is 1. The lowest BCUT2D eigenvalue weighted by atomic mass is 10.2. The largest absolute Gasteiger partial charge is 0.449 e. The number of hydrogen-bond donors (Lipinski definition) is 3. The summed E-state index contributed by atoms with van der Waals surface area (Å²) in [7, 11) is -8.57. The van der Waals surface area contributed by atoms with Crippen LogP contribution in [0.4, 0.5) is 20.2 Å². The van der Waals surface area contributed by atoms with Gasteiger partial charge >= 0.3 is 5.97 Å². The number of anilines is 2. The van der Waals surface area contributed by atoms with E-state index in [1.807, 2.05) is 0 Å². The van der Waals surface area contributed by atoms with Gasteiger partial charge in [-0.05, 0) is 86.5 Å². The average Bonchev–Trinajstić information content (AvgIpc) is 3.67. The van der Waals surface area contributed by atoms with Gasteiger partial charge in [-0.3, -0.25) is 14.2 Å². The Kier molecular flexibility index (Phi) is 7.88. The topological polar surface area (TPSA) is 148 Å². The van der Waals surface area contributed by atoms with Crippen molar-refractivity contribution in [2.75, 3.05) is 9.44 Å². The SMILES string of the molecule is CC(OC(=O)c1cc(NS(=O)(=O)c2ccc(F)cc2)cc(NS(=O)(=O)c2ccc(F)cc2)c1)C(=O)NC1CC1. The summed E-state index contributed by atoms with van der Waals surface area (Å²) in [5.41, 5.74) is -0.751. The summed E-state index contributed by atoms with van der Waals surface area (Å²) >= 11 is 0. The number of hydrogen-bond acceptors (Lipinski definition) is 7. The predicted molar refractivity (Wildman–Crippen MR) is 137 cm³/mol. The highest BCUT2D eigenvalue weighted by atomic mass is 32.2. The van der Waals surface area contributed by atoms with Gasteiger partial charge < -0.3 is 10.1 Å². The normalized spacial score (nSPS) is 14.2. The molecule has 0 aliphatic heterocycles. The number of carbonyl (C=O) groups is 2. The Bertz CT molecular complexity index is 1510. The van der Waals surface area contributed by atoms with Gasteiger partial charge in [0.25, 0.3) is 26.0 Å². The first-order valence-electron chi connectivity index (χ1n) is 11.6. The quantitative estimate of drug-likeness (QED) is 0.312. The van der Waals surface area contributed by atoms with Crippen LogP contribution >= 0.6 is 0 Å². The van der Waals surface area contributed by atoms with Crippen LogP contribution in [0.25, 0.3) is 0 Å². The molecule has 206 valence electrons. The van der Waals surface area contributed by atoms with E-state index in [9.17, 15) is 35.2 Å². The molecule has 0 radical (unpaired) electrons. The molecule has 14 heteroatoms. The van der Waals surface area contributed by atoms with Crippen LogP contribution in [0.2, 0.25) is 0 Å². The Labute approximate surface area is 223 Å². The van der Waals surface area contributed by atoms with E-state index in [0.29, 0.717) is 0 Å². The fourth-order valence-corrected chi connectivity index (χ4v) is 5.43. The summed E-state index contributed by atoms with van der Waals surface area (Å²) in [5, 5.41) is 2.69. The molecule has 0 heterocycles. The average molecular weight is 580 g/mol. The molecule has 1 unspecified atom stereocenters. The minimum atomic E-state index is -4.28. The minimum Gasteiger partial charge on any atom is -0.449 e. The number of benzene rings is 3. The van der Waals surface area contributed by atoms with Crippen molar-refractivity contribution in [3.63, 3.8) is 0 Å². The second kappa shape index (κ2) is 11.0. The number of esters is 1. The first-order valence-corrected chi connectivity index (χ1v) is 14.5. The summed E-state index contributed by atoms with van der Waals surface area (Å²) in [6, 6.07) is 11.2. The third-order valence-corrected chi connectivity index (χ3v) is 8.29. The molecular formula is C25H23F2N3O7S2. The number of ether oxygens (including phenoxy) is 1. The fraction of sp³-hybridized carbons (Fsp3) is 0.200. The smallest absolute Gasteiger partial charge is 0.339 e. The molecule has 1 amide bonds. The van der Waals surface area contributed by atoms with Crippen LogP contribution in [0.1, 0.15) is 30.1 Å². The van der Waals surface area contributed by atoms with E-state index < -0.39 is 49.7 Å². The molecule has 0 saturated heterocycles. The van der Waals surface area contributed by atoms with Crippen LogP contribution in [-0.4, -0.2) is 40.9 Å². The van der Waals surface area contributed by atoms with Crippen LogP contribution in [0.5, 0.6) is 0 Å². The van der Waals surface area contributed by atoms with Crippen molar-refractivity contribution in [1.82, 2.24) is 5.32 Å². The Morgan fingerprint density at radius 1 is 0.795 bits per heavy atom. The maximum absolute atomic E-state index is 13.3. The first-order chi connectivity index (χ1) is 18.3. The molecule has 3 aromatic rings. The maximum atomic E-state index is 13.3. The maximum Gasteiger partial charge on any atom is 0.339 e. The molecule has 1 aliphatic rings. The highest BCUT2D eigenvalue weighted by Crippen LogP contribution is 2.26. The van der Waals surface area contributed by atoms with Crippen LogP contribution in [0.3, 0.4) is 0 Å². The summed E-state index contributed by atoms with van der Waals surface area (Å²) in [5.74, 6) is -2.86. The standard InChI is InChI=1S/C25H23F2N3O7S2/c1-15(24(31)28-19-6-7-19)37-25(32)16-12-20(29-38(33,34)22-8-2-17(26)3-9-22)14-21(13-16)30-39(35,36)23-10-4-18(27)5-11-23/h2-5,8-15,19,29-30H,6-7H2,1H3,(H,28,31). The first kappa shape index (κ1) is 28.0. The number of sulfonamides is 2. The van der Waals surface area contributed by atoms with Crippen molar-refractivity contribution in [2.45, 2.75) is 41.7 Å². The highest BCUT2D eigenvalue weighted by Gasteiger charge is 2.28. The third kappa shape index (κ3) is 7.29. The molecule has 0 bridgehead atoms. The molecule has 0 aromatic heterocycles. The third-order valence-electron chi connectivity index (χ3n) is 5.50. The molecule has 3 N–H and O–H groups in total. The van der Waals surface area contributed by atoms with Crippen molar-refractivity contribution >= 4 is 43.3 Å². The lowest BCUT2D eigenvalue weighted by Crippen LogP contribution is -2.37. The van der Waals surface area contributed by atoms with E-state index in [4.69, 9.17) is 4.74 Å². The van der Waals surface area contributed by atoms with Gasteiger partial charge in [0.05, 0.1) is 26.7 Å². The summed E-state index contributed by atoms with van der Waals surface area (Å²) in [6.07, 6.45) is 0.456. The summed E-state index contributed by atoms with van der Waals surface area (Å²) in [6.45, 7) is 1.36. The Hall–Kier alpha value is -4.04. The number of nitrogens with one attached hydrogen (secondary N) is 3. The molecule has 1 fully saturated rings. The van der Waals surface area contributed by atoms with Gasteiger partial charge in [0.15, 0.2) is 6.10 Å². The zero-order valence-electron chi connectivity index (χ0n) is 20.3. The lowest BCUT2D eigenvalue weighted by Gasteiger charge is -2.16. The highest BCUT2D eigenvalue weighted by molar-refractivity contribution is 7.93. The van der Waals surface area contributed by atoms with Gasteiger partial charge in [0.1, 0.15) is 11.6 Å². The molecule has 1 aliphatic carbocycles. The van der Waals surface area contributed by atoms with Crippen LogP contribution < -0.4 is 14.8 Å². The van der Waals surface area contributed by atoms with E-state index in [2.05, 4.69) is 14.8 Å². The molecule has 1 saturated carbocycles. The molecule has 0 spiro atoms. The van der Waals surface area contributed by atoms with Crippen LogP contribution in [0, 0.1) is 11.6 Å². The van der Waals surface area contributed by atoms with Crippen molar-refractivity contribution in [2.24, 2.45) is 0 Å². The zero-order valence-corrected chi connectivity index (χ0v) is 22.0. The van der Waals surface area contributed by atoms with Gasteiger partial charge in [0, 0.05) is 6.04 Å². The molecule has 1 atom stereocenters. The lowest BCUT2D eigenvalue weighted by molar-refractivity contribution is -0.129. The van der Waals surface area contributed by atoms with E-state index in [1.54, 1.807) is 0 Å². The number of rotatable bonds is 10. The van der Waals surface area contributed by atoms with E-state index in [0.717, 1.165) is 79.6 Å². The monoisotopic (exact) mass is 579 g/mol. The number of halogens is 2. The van der Waals surface area contributed by atoms with Gasteiger partial charge in [-0.2, -0.15) is 0 Å². The van der Waals surface area contributed by atoms with E-state index in [-0.39, 0.29) is 32.8 Å². The van der Waals surface area contributed by atoms with Gasteiger partial charge in [-0.25, -0.2) is 30.4 Å². The van der Waals surface area contributed by atoms with Crippen molar-refractivity contribution in [1.29, 1.82) is 0 Å². The van der Waals surface area contributed by atoms with Crippen LogP contribution in [-0.2, 0) is 29.6 Å². The predicted octanol–water partition coefficient (Wildman–Crippen LogP) is 3.39. The second-order valence-corrected chi connectivity index (χ2v) is 12.1. The summed E-state index contributed by atoms with van der Waals surface area (Å²) < 4.78 is 87.5. The van der Waals surface area contributed by atoms with Gasteiger partial charge in [-0.1, -0.05) is 0 Å². The van der Waals surface area contributed by atoms with Crippen molar-refractivity contribution in [3.05, 3.63) is 83.9 Å². The second-order valence-electron chi connectivity index (χ2n) is 8.75. The molecule has 39 heavy (non-hydrogen) atoms. The Morgan fingerprint density at radius 2 is 1.23 bits per heavy atom. The Morgan fingerprint density at radius 3 is 1.64 bits per heavy atom. The zero-order chi connectivity index (χ0) is 28.4. The van der Waals surface area contributed by atoms with Crippen LogP contribution in [0.15, 0.2) is 76.5 Å². The molecule has 3 aromatic carbocycles. The van der Waals surface area contributed by atoms with E-state index in [1.165, 1.54) is 6.92 Å². The Balaban J connectivity index is 1.65. The van der Waals surface area contributed by atoms with Gasteiger partial charge in [0.2, 0.25) is 0 Å². The van der Waals surface area contributed by atoms with Gasteiger partial charge in [-0.15, -0.1) is 0 Å². The summed E-state index contributed by atoms with van der Waals surface area (Å²) in [4.78, 5) is 24.5. The minimum absolute atomic E-state index is 0.0234. The molecule has 4 rings (SSSR count). The van der Waals surface area contributed by atoms with Crippen molar-refractivity contribution in [3.8, 4) is 0 Å². The number of carbonyl (C=O) groups excluding carboxylic acids is 2. The molecule has 10 nitrogen and oxygen atoms in total. The molecular weight excluding hydrogens is 556 g/mol. The van der Waals surface area contributed by atoms with E-state index >= 15 is 0 Å².